The van der Waals surface area contributed by atoms with Gasteiger partial charge in [0.25, 0.3) is 0 Å². The molecule has 0 rings (SSSR count). The van der Waals surface area contributed by atoms with E-state index in [1.807, 2.05) is 0 Å². The summed E-state index contributed by atoms with van der Waals surface area (Å²) in [6.07, 6.45) is 23.0. The van der Waals surface area contributed by atoms with Crippen LogP contribution in [-0.2, 0) is 0 Å². The zero-order valence-electron chi connectivity index (χ0n) is 14.8. The minimum Gasteiger partial charge on any atom is -0.162 e. The lowest BCUT2D eigenvalue weighted by Gasteiger charge is -2.03. The van der Waals surface area contributed by atoms with Gasteiger partial charge in [-0.3, -0.25) is 0 Å². The third-order valence-corrected chi connectivity index (χ3v) is 5.34. The van der Waals surface area contributed by atoms with Gasteiger partial charge in [0.2, 0.25) is 0 Å². The lowest BCUT2D eigenvalue weighted by atomic mass is 10.0. The Morgan fingerprint density at radius 3 is 1.29 bits per heavy atom. The maximum Gasteiger partial charge on any atom is -0.00675 e. The molecule has 21 heavy (non-hydrogen) atoms. The zero-order valence-corrected chi connectivity index (χ0v) is 15.7. The minimum absolute atomic E-state index is 1.09. The van der Waals surface area contributed by atoms with Gasteiger partial charge in [-0.05, 0) is 24.3 Å². The summed E-state index contributed by atoms with van der Waals surface area (Å²) in [5.41, 5.74) is 0. The van der Waals surface area contributed by atoms with Crippen molar-refractivity contribution in [3.05, 3.63) is 6.92 Å². The van der Waals surface area contributed by atoms with Crippen molar-refractivity contribution in [2.75, 3.05) is 11.5 Å². The maximum absolute atomic E-state index is 3.88. The second-order valence-electron chi connectivity index (χ2n) is 6.42. The lowest BCUT2D eigenvalue weighted by molar-refractivity contribution is 0.535. The molecular formula is C20H41S. The van der Waals surface area contributed by atoms with Gasteiger partial charge < -0.3 is 0 Å². The number of rotatable bonds is 18. The Bertz CT molecular complexity index is 149. The normalized spacial score (nSPS) is 11.1. The molecule has 0 unspecified atom stereocenters. The Balaban J connectivity index is 2.90. The van der Waals surface area contributed by atoms with Crippen molar-refractivity contribution in [3.63, 3.8) is 0 Å². The van der Waals surface area contributed by atoms with Crippen LogP contribution in [0.2, 0.25) is 0 Å². The van der Waals surface area contributed by atoms with Gasteiger partial charge in [-0.25, -0.2) is 0 Å². The summed E-state index contributed by atoms with van der Waals surface area (Å²) in [6.45, 7) is 6.17. The van der Waals surface area contributed by atoms with Crippen LogP contribution in [0.3, 0.4) is 0 Å². The first kappa shape index (κ1) is 21.4. The summed E-state index contributed by atoms with van der Waals surface area (Å²) in [6, 6.07) is 0. The van der Waals surface area contributed by atoms with Crippen molar-refractivity contribution < 1.29 is 0 Å². The minimum atomic E-state index is 1.09. The van der Waals surface area contributed by atoms with E-state index in [9.17, 15) is 0 Å². The van der Waals surface area contributed by atoms with Crippen LogP contribution in [-0.4, -0.2) is 11.5 Å². The molecule has 0 aromatic carbocycles. The molecule has 0 aromatic rings. The quantitative estimate of drug-likeness (QED) is 0.232. The second kappa shape index (κ2) is 20.3. The standard InChI is InChI=1S/C20H41S/c1-3-5-6-7-8-9-10-11-12-13-14-15-16-17-18-20-21-19-4-2/h2-20H2,1H3. The van der Waals surface area contributed by atoms with Gasteiger partial charge >= 0.3 is 0 Å². The van der Waals surface area contributed by atoms with E-state index in [1.165, 1.54) is 108 Å². The molecule has 0 aromatic heterocycles. The van der Waals surface area contributed by atoms with Crippen LogP contribution in [0, 0.1) is 6.92 Å². The van der Waals surface area contributed by atoms with Crippen LogP contribution >= 0.6 is 11.8 Å². The molecule has 127 valence electrons. The van der Waals surface area contributed by atoms with Crippen LogP contribution in [0.4, 0.5) is 0 Å². The Morgan fingerprint density at radius 1 is 0.524 bits per heavy atom. The fourth-order valence-electron chi connectivity index (χ4n) is 2.78. The average molecular weight is 314 g/mol. The molecule has 0 bridgehead atoms. The molecule has 0 nitrogen and oxygen atoms in total. The van der Waals surface area contributed by atoms with Gasteiger partial charge in [-0.2, -0.15) is 11.8 Å². The summed E-state index contributed by atoms with van der Waals surface area (Å²) in [5.74, 6) is 2.60. The Kier molecular flexibility index (Phi) is 20.7. The topological polar surface area (TPSA) is 0 Å². The highest BCUT2D eigenvalue weighted by Gasteiger charge is 1.94. The van der Waals surface area contributed by atoms with E-state index >= 15 is 0 Å². The van der Waals surface area contributed by atoms with Gasteiger partial charge in [-0.15, -0.1) is 0 Å². The number of hydrogen-bond acceptors (Lipinski definition) is 1. The molecule has 0 aliphatic carbocycles. The molecule has 0 atom stereocenters. The number of hydrogen-bond donors (Lipinski definition) is 0. The van der Waals surface area contributed by atoms with Crippen LogP contribution in [0.25, 0.3) is 0 Å². The van der Waals surface area contributed by atoms with E-state index < -0.39 is 0 Å². The largest absolute Gasteiger partial charge is 0.162 e. The SMILES string of the molecule is [CH2]CCSCCCCCCCCCCCCCCCCC. The van der Waals surface area contributed by atoms with E-state index in [1.54, 1.807) is 0 Å². The van der Waals surface area contributed by atoms with Crippen molar-refractivity contribution in [2.45, 2.75) is 110 Å². The predicted molar refractivity (Wildman–Crippen MR) is 102 cm³/mol. The predicted octanol–water partition coefficient (Wildman–Crippen LogP) is 7.82. The second-order valence-corrected chi connectivity index (χ2v) is 7.64. The molecule has 0 fully saturated rings. The van der Waals surface area contributed by atoms with Crippen molar-refractivity contribution in [3.8, 4) is 0 Å². The Hall–Kier alpha value is 0.350. The van der Waals surface area contributed by atoms with Crippen LogP contribution in [0.15, 0.2) is 0 Å². The molecule has 0 amide bonds. The third kappa shape index (κ3) is 20.4. The highest BCUT2D eigenvalue weighted by molar-refractivity contribution is 7.99. The fraction of sp³-hybridized carbons (Fsp3) is 0.950. The van der Waals surface area contributed by atoms with E-state index in [0.29, 0.717) is 0 Å². The first-order valence-electron chi connectivity index (χ1n) is 9.78. The monoisotopic (exact) mass is 313 g/mol. The molecular weight excluding hydrogens is 272 g/mol. The van der Waals surface area contributed by atoms with Gasteiger partial charge in [0, 0.05) is 0 Å². The summed E-state index contributed by atoms with van der Waals surface area (Å²) < 4.78 is 0. The molecule has 0 saturated heterocycles. The van der Waals surface area contributed by atoms with Crippen LogP contribution in [0.5, 0.6) is 0 Å². The summed E-state index contributed by atoms with van der Waals surface area (Å²) in [5, 5.41) is 0. The number of unbranched alkanes of at least 4 members (excludes halogenated alkanes) is 14. The van der Waals surface area contributed by atoms with Crippen LogP contribution < -0.4 is 0 Å². The van der Waals surface area contributed by atoms with Gasteiger partial charge in [0.05, 0.1) is 0 Å². The Morgan fingerprint density at radius 2 is 0.905 bits per heavy atom. The lowest BCUT2D eigenvalue weighted by Crippen LogP contribution is -1.85. The molecule has 0 aliphatic rings. The van der Waals surface area contributed by atoms with E-state index in [4.69, 9.17) is 0 Å². The smallest absolute Gasteiger partial charge is 0.00675 e. The first-order chi connectivity index (χ1) is 10.4. The maximum atomic E-state index is 3.88. The molecule has 0 saturated carbocycles. The fourth-order valence-corrected chi connectivity index (χ4v) is 3.60. The molecule has 1 heteroatoms. The molecule has 1 radical (unpaired) electrons. The number of thioether (sulfide) groups is 1. The van der Waals surface area contributed by atoms with Gasteiger partial charge in [0.1, 0.15) is 0 Å². The zero-order chi connectivity index (χ0) is 15.4. The highest BCUT2D eigenvalue weighted by Crippen LogP contribution is 2.14. The first-order valence-corrected chi connectivity index (χ1v) is 10.9. The van der Waals surface area contributed by atoms with Gasteiger partial charge in [0.15, 0.2) is 0 Å². The molecule has 0 N–H and O–H groups in total. The van der Waals surface area contributed by atoms with Crippen molar-refractivity contribution in [1.82, 2.24) is 0 Å². The van der Waals surface area contributed by atoms with E-state index in [0.717, 1.165) is 6.42 Å². The van der Waals surface area contributed by atoms with Crippen molar-refractivity contribution in [1.29, 1.82) is 0 Å². The summed E-state index contributed by atoms with van der Waals surface area (Å²) >= 11 is 2.08. The van der Waals surface area contributed by atoms with E-state index in [-0.39, 0.29) is 0 Å². The Labute approximate surface area is 140 Å². The highest BCUT2D eigenvalue weighted by atomic mass is 32.2. The third-order valence-electron chi connectivity index (χ3n) is 4.18. The summed E-state index contributed by atoms with van der Waals surface area (Å²) in [7, 11) is 0. The molecule has 0 spiro atoms. The van der Waals surface area contributed by atoms with Crippen molar-refractivity contribution >= 4 is 11.8 Å². The molecule has 0 heterocycles. The van der Waals surface area contributed by atoms with E-state index in [2.05, 4.69) is 25.6 Å². The average Bonchev–Trinajstić information content (AvgIpc) is 2.50. The summed E-state index contributed by atoms with van der Waals surface area (Å²) in [4.78, 5) is 0. The van der Waals surface area contributed by atoms with Gasteiger partial charge in [-0.1, -0.05) is 104 Å². The van der Waals surface area contributed by atoms with Crippen LogP contribution in [0.1, 0.15) is 110 Å². The van der Waals surface area contributed by atoms with Crippen molar-refractivity contribution in [2.24, 2.45) is 0 Å². The molecule has 0 aliphatic heterocycles.